The number of amides is 4. The van der Waals surface area contributed by atoms with Gasteiger partial charge in [-0.2, -0.15) is 0 Å². The van der Waals surface area contributed by atoms with E-state index in [0.717, 1.165) is 32.4 Å². The normalized spacial score (nSPS) is 14.2. The summed E-state index contributed by atoms with van der Waals surface area (Å²) in [5.41, 5.74) is 3.72. The molecule has 6 rings (SSSR count). The van der Waals surface area contributed by atoms with E-state index >= 15 is 0 Å². The summed E-state index contributed by atoms with van der Waals surface area (Å²) in [5.74, 6) is -0.475. The number of imide groups is 2. The van der Waals surface area contributed by atoms with Gasteiger partial charge in [-0.3, -0.25) is 14.9 Å². The third-order valence-electron chi connectivity index (χ3n) is 7.25. The molecule has 0 bridgehead atoms. The number of hydrogen-bond acceptors (Lipinski definition) is 5. The van der Waals surface area contributed by atoms with Gasteiger partial charge in [0.1, 0.15) is 30.3 Å². The highest BCUT2D eigenvalue weighted by atomic mass is 35.5. The summed E-state index contributed by atoms with van der Waals surface area (Å²) in [6.07, 6.45) is 1.49. The molecule has 0 saturated carbocycles. The Labute approximate surface area is 259 Å². The minimum Gasteiger partial charge on any atom is -0.489 e. The Bertz CT molecular complexity index is 1900. The molecule has 0 atom stereocenters. The molecular formula is C36H27ClN2O5. The highest BCUT2D eigenvalue weighted by Gasteiger charge is 2.37. The molecule has 0 aromatic heterocycles. The van der Waals surface area contributed by atoms with Crippen LogP contribution in [-0.2, 0) is 22.8 Å². The fourth-order valence-corrected chi connectivity index (χ4v) is 5.00. The first-order chi connectivity index (χ1) is 21.4. The fraction of sp³-hybridized carbons (Fsp3) is 0.0833. The van der Waals surface area contributed by atoms with Gasteiger partial charge in [-0.15, -0.1) is 0 Å². The van der Waals surface area contributed by atoms with Crippen LogP contribution in [0.25, 0.3) is 16.8 Å². The van der Waals surface area contributed by atoms with Crippen LogP contribution in [0.4, 0.5) is 10.5 Å². The lowest BCUT2D eigenvalue weighted by atomic mass is 9.99. The van der Waals surface area contributed by atoms with E-state index in [0.29, 0.717) is 41.0 Å². The Hall–Kier alpha value is -5.40. The van der Waals surface area contributed by atoms with Crippen molar-refractivity contribution in [3.8, 4) is 11.5 Å². The molecule has 218 valence electrons. The van der Waals surface area contributed by atoms with Crippen LogP contribution in [0.3, 0.4) is 0 Å². The SMILES string of the molecule is Cc1ccc(COc2ccc3ccccc3c2/C=C2\C(=O)NC(=O)N(c3ccc(OCc4ccc(Cl)cc4)cc3)C2=O)cc1. The molecule has 4 amide bonds. The summed E-state index contributed by atoms with van der Waals surface area (Å²) in [4.78, 5) is 40.6. The smallest absolute Gasteiger partial charge is 0.335 e. The first-order valence-corrected chi connectivity index (χ1v) is 14.3. The Morgan fingerprint density at radius 3 is 2.14 bits per heavy atom. The van der Waals surface area contributed by atoms with Crippen molar-refractivity contribution in [1.82, 2.24) is 5.32 Å². The maximum atomic E-state index is 13.7. The molecule has 44 heavy (non-hydrogen) atoms. The van der Waals surface area contributed by atoms with Gasteiger partial charge in [0.25, 0.3) is 11.8 Å². The van der Waals surface area contributed by atoms with Crippen LogP contribution in [0.15, 0.2) is 115 Å². The number of rotatable bonds is 8. The molecule has 7 nitrogen and oxygen atoms in total. The van der Waals surface area contributed by atoms with Crippen molar-refractivity contribution in [2.45, 2.75) is 20.1 Å². The molecule has 1 N–H and O–H groups in total. The van der Waals surface area contributed by atoms with Crippen LogP contribution < -0.4 is 19.7 Å². The number of urea groups is 1. The largest absolute Gasteiger partial charge is 0.489 e. The van der Waals surface area contributed by atoms with Crippen molar-refractivity contribution in [3.05, 3.63) is 142 Å². The number of hydrogen-bond donors (Lipinski definition) is 1. The molecule has 1 aliphatic rings. The van der Waals surface area contributed by atoms with Gasteiger partial charge in [-0.25, -0.2) is 9.69 Å². The van der Waals surface area contributed by atoms with Crippen molar-refractivity contribution >= 4 is 52.0 Å². The topological polar surface area (TPSA) is 84.9 Å². The summed E-state index contributed by atoms with van der Waals surface area (Å²) < 4.78 is 12.0. The fourth-order valence-electron chi connectivity index (χ4n) is 4.87. The molecule has 1 aliphatic heterocycles. The summed E-state index contributed by atoms with van der Waals surface area (Å²) in [7, 11) is 0. The van der Waals surface area contributed by atoms with E-state index in [1.807, 2.05) is 79.7 Å². The lowest BCUT2D eigenvalue weighted by Crippen LogP contribution is -2.54. The quantitative estimate of drug-likeness (QED) is 0.146. The number of anilines is 1. The van der Waals surface area contributed by atoms with Crippen molar-refractivity contribution in [2.24, 2.45) is 0 Å². The van der Waals surface area contributed by atoms with E-state index in [-0.39, 0.29) is 5.57 Å². The summed E-state index contributed by atoms with van der Waals surface area (Å²) >= 11 is 5.95. The summed E-state index contributed by atoms with van der Waals surface area (Å²) in [6, 6.07) is 32.4. The van der Waals surface area contributed by atoms with Gasteiger partial charge in [0.2, 0.25) is 0 Å². The molecule has 0 unspecified atom stereocenters. The molecule has 0 aliphatic carbocycles. The van der Waals surface area contributed by atoms with Crippen molar-refractivity contribution in [2.75, 3.05) is 4.90 Å². The van der Waals surface area contributed by atoms with Crippen molar-refractivity contribution in [1.29, 1.82) is 0 Å². The first-order valence-electron chi connectivity index (χ1n) is 13.9. The third kappa shape index (κ3) is 6.19. The Morgan fingerprint density at radius 2 is 1.41 bits per heavy atom. The maximum Gasteiger partial charge on any atom is 0.335 e. The van der Waals surface area contributed by atoms with Gasteiger partial charge in [0, 0.05) is 10.6 Å². The molecule has 8 heteroatoms. The predicted octanol–water partition coefficient (Wildman–Crippen LogP) is 7.63. The standard InChI is InChI=1S/C36H27ClN2O5/c1-23-6-8-24(9-7-23)22-44-33-19-12-26-4-2-3-5-30(26)31(33)20-32-34(40)38-36(42)39(35(32)41)28-15-17-29(18-16-28)43-21-25-10-13-27(37)14-11-25/h2-20H,21-22H2,1H3,(H,38,40,42)/b32-20+. The van der Waals surface area contributed by atoms with Crippen LogP contribution in [-0.4, -0.2) is 17.8 Å². The van der Waals surface area contributed by atoms with Gasteiger partial charge < -0.3 is 9.47 Å². The van der Waals surface area contributed by atoms with Crippen LogP contribution in [0.2, 0.25) is 5.02 Å². The van der Waals surface area contributed by atoms with Crippen LogP contribution in [0, 0.1) is 6.92 Å². The van der Waals surface area contributed by atoms with Gasteiger partial charge in [-0.05, 0) is 77.4 Å². The first kappa shape index (κ1) is 28.7. The van der Waals surface area contributed by atoms with Crippen LogP contribution in [0.1, 0.15) is 22.3 Å². The van der Waals surface area contributed by atoms with Gasteiger partial charge in [-0.1, -0.05) is 83.9 Å². The van der Waals surface area contributed by atoms with Crippen molar-refractivity contribution < 1.29 is 23.9 Å². The number of carbonyl (C=O) groups is 3. The Kier molecular flexibility index (Phi) is 8.12. The molecule has 5 aromatic rings. The monoisotopic (exact) mass is 602 g/mol. The molecule has 1 heterocycles. The van der Waals surface area contributed by atoms with E-state index in [4.69, 9.17) is 21.1 Å². The van der Waals surface area contributed by atoms with Gasteiger partial charge in [0.05, 0.1) is 5.69 Å². The van der Waals surface area contributed by atoms with E-state index in [9.17, 15) is 14.4 Å². The lowest BCUT2D eigenvalue weighted by molar-refractivity contribution is -0.122. The molecule has 0 spiro atoms. The second-order valence-electron chi connectivity index (χ2n) is 10.3. The zero-order chi connectivity index (χ0) is 30.6. The Balaban J connectivity index is 1.28. The number of aryl methyl sites for hydroxylation is 1. The van der Waals surface area contributed by atoms with E-state index in [1.165, 1.54) is 6.08 Å². The number of halogens is 1. The number of benzene rings is 5. The average Bonchev–Trinajstić information content (AvgIpc) is 3.03. The van der Waals surface area contributed by atoms with Gasteiger partial charge >= 0.3 is 6.03 Å². The Morgan fingerprint density at radius 1 is 0.750 bits per heavy atom. The highest BCUT2D eigenvalue weighted by molar-refractivity contribution is 6.39. The van der Waals surface area contributed by atoms with Crippen molar-refractivity contribution in [3.63, 3.8) is 0 Å². The zero-order valence-electron chi connectivity index (χ0n) is 23.8. The number of barbiturate groups is 1. The lowest BCUT2D eigenvalue weighted by Gasteiger charge is -2.26. The minimum absolute atomic E-state index is 0.191. The average molecular weight is 603 g/mol. The predicted molar refractivity (Wildman–Crippen MR) is 171 cm³/mol. The molecule has 1 saturated heterocycles. The number of ether oxygens (including phenoxy) is 2. The number of nitrogens with zero attached hydrogens (tertiary/aromatic N) is 1. The second-order valence-corrected chi connectivity index (χ2v) is 10.8. The zero-order valence-corrected chi connectivity index (χ0v) is 24.5. The van der Waals surface area contributed by atoms with Crippen LogP contribution in [0.5, 0.6) is 11.5 Å². The number of nitrogens with one attached hydrogen (secondary N) is 1. The maximum absolute atomic E-state index is 13.7. The minimum atomic E-state index is -0.833. The summed E-state index contributed by atoms with van der Waals surface area (Å²) in [6.45, 7) is 2.63. The van der Waals surface area contributed by atoms with E-state index in [2.05, 4.69) is 5.32 Å². The summed E-state index contributed by atoms with van der Waals surface area (Å²) in [5, 5.41) is 4.65. The number of fused-ring (bicyclic) bond motifs is 1. The van der Waals surface area contributed by atoms with Crippen LogP contribution >= 0.6 is 11.6 Å². The third-order valence-corrected chi connectivity index (χ3v) is 7.50. The van der Waals surface area contributed by atoms with Gasteiger partial charge in [0.15, 0.2) is 0 Å². The highest BCUT2D eigenvalue weighted by Crippen LogP contribution is 2.33. The molecular weight excluding hydrogens is 576 g/mol. The van der Waals surface area contributed by atoms with E-state index < -0.39 is 17.8 Å². The second kappa shape index (κ2) is 12.5. The van der Waals surface area contributed by atoms with E-state index in [1.54, 1.807) is 36.4 Å². The molecule has 0 radical (unpaired) electrons. The molecule has 5 aromatic carbocycles. The molecule has 1 fully saturated rings. The number of carbonyl (C=O) groups excluding carboxylic acids is 3.